The Morgan fingerprint density at radius 2 is 2.11 bits per heavy atom. The van der Waals surface area contributed by atoms with E-state index in [2.05, 4.69) is 41.4 Å². The zero-order valence-electron chi connectivity index (χ0n) is 11.5. The maximum absolute atomic E-state index is 11.5. The highest BCUT2D eigenvalue weighted by atomic mass is 16.1. The van der Waals surface area contributed by atoms with Crippen molar-refractivity contribution in [3.05, 3.63) is 35.9 Å². The van der Waals surface area contributed by atoms with Crippen LogP contribution in [-0.4, -0.2) is 11.9 Å². The van der Waals surface area contributed by atoms with Crippen LogP contribution < -0.4 is 5.32 Å². The largest absolute Gasteiger partial charge is 0.342 e. The minimum absolute atomic E-state index is 0.126. The summed E-state index contributed by atoms with van der Waals surface area (Å²) in [7, 11) is 0. The summed E-state index contributed by atoms with van der Waals surface area (Å²) in [5, 5.41) is 3.05. The van der Waals surface area contributed by atoms with Crippen molar-refractivity contribution in [2.24, 2.45) is 5.92 Å². The number of nitrogens with one attached hydrogen (secondary N) is 1. The number of amides is 1. The summed E-state index contributed by atoms with van der Waals surface area (Å²) in [5.41, 5.74) is 1.38. The third-order valence-corrected chi connectivity index (χ3v) is 3.86. The fraction of sp³-hybridized carbons (Fsp3) is 0.471. The summed E-state index contributed by atoms with van der Waals surface area (Å²) in [6.45, 7) is 1.70. The van der Waals surface area contributed by atoms with Crippen LogP contribution in [0.5, 0.6) is 0 Å². The van der Waals surface area contributed by atoms with Crippen LogP contribution in [0.4, 0.5) is 0 Å². The Hall–Kier alpha value is -1.75. The molecule has 2 unspecified atom stereocenters. The van der Waals surface area contributed by atoms with Gasteiger partial charge in [0, 0.05) is 6.04 Å². The number of carbonyl (C=O) groups is 1. The van der Waals surface area contributed by atoms with Crippen molar-refractivity contribution in [3.8, 4) is 11.8 Å². The molecule has 0 spiro atoms. The minimum atomic E-state index is -0.126. The second kappa shape index (κ2) is 6.99. The quantitative estimate of drug-likeness (QED) is 0.823. The van der Waals surface area contributed by atoms with E-state index in [0.717, 1.165) is 19.3 Å². The molecular formula is C17H21NO. The Morgan fingerprint density at radius 3 is 2.84 bits per heavy atom. The Labute approximate surface area is 115 Å². The molecule has 1 saturated carbocycles. The predicted molar refractivity (Wildman–Crippen MR) is 77.5 cm³/mol. The van der Waals surface area contributed by atoms with Gasteiger partial charge in [0.1, 0.15) is 0 Å². The molecule has 2 rings (SSSR count). The van der Waals surface area contributed by atoms with Crippen LogP contribution >= 0.6 is 0 Å². The van der Waals surface area contributed by atoms with E-state index in [1.165, 1.54) is 18.4 Å². The zero-order chi connectivity index (χ0) is 13.5. The van der Waals surface area contributed by atoms with Gasteiger partial charge < -0.3 is 5.32 Å². The maximum atomic E-state index is 11.5. The molecule has 0 radical (unpaired) electrons. The SMILES string of the molecule is CC#CC(=O)NC1CCCC1CCc1ccccc1. The van der Waals surface area contributed by atoms with Crippen LogP contribution in [0.25, 0.3) is 0 Å². The van der Waals surface area contributed by atoms with Gasteiger partial charge in [-0.3, -0.25) is 4.79 Å². The van der Waals surface area contributed by atoms with Crippen molar-refractivity contribution in [2.75, 3.05) is 0 Å². The van der Waals surface area contributed by atoms with Crippen LogP contribution in [0.1, 0.15) is 38.2 Å². The molecule has 1 fully saturated rings. The first-order valence-electron chi connectivity index (χ1n) is 7.07. The minimum Gasteiger partial charge on any atom is -0.342 e. The Morgan fingerprint density at radius 1 is 1.32 bits per heavy atom. The first-order valence-corrected chi connectivity index (χ1v) is 7.07. The van der Waals surface area contributed by atoms with E-state index < -0.39 is 0 Å². The average molecular weight is 255 g/mol. The third-order valence-electron chi connectivity index (χ3n) is 3.86. The van der Waals surface area contributed by atoms with Crippen LogP contribution in [0.2, 0.25) is 0 Å². The van der Waals surface area contributed by atoms with Gasteiger partial charge in [0.2, 0.25) is 0 Å². The summed E-state index contributed by atoms with van der Waals surface area (Å²) >= 11 is 0. The highest BCUT2D eigenvalue weighted by Gasteiger charge is 2.27. The van der Waals surface area contributed by atoms with Crippen LogP contribution in [0.15, 0.2) is 30.3 Å². The highest BCUT2D eigenvalue weighted by Crippen LogP contribution is 2.29. The molecule has 19 heavy (non-hydrogen) atoms. The maximum Gasteiger partial charge on any atom is 0.296 e. The van der Waals surface area contributed by atoms with Crippen LogP contribution in [0.3, 0.4) is 0 Å². The molecule has 0 heterocycles. The molecular weight excluding hydrogens is 234 g/mol. The van der Waals surface area contributed by atoms with Gasteiger partial charge in [0.15, 0.2) is 0 Å². The van der Waals surface area contributed by atoms with E-state index >= 15 is 0 Å². The molecule has 100 valence electrons. The molecule has 1 amide bonds. The second-order valence-electron chi connectivity index (χ2n) is 5.17. The molecule has 1 N–H and O–H groups in total. The third kappa shape index (κ3) is 4.13. The number of aryl methyl sites for hydroxylation is 1. The Kier molecular flexibility index (Phi) is 5.03. The summed E-state index contributed by atoms with van der Waals surface area (Å²) in [6, 6.07) is 10.9. The topological polar surface area (TPSA) is 29.1 Å². The summed E-state index contributed by atoms with van der Waals surface area (Å²) in [4.78, 5) is 11.5. The molecule has 1 aromatic rings. The van der Waals surface area contributed by atoms with Gasteiger partial charge >= 0.3 is 0 Å². The lowest BCUT2D eigenvalue weighted by Gasteiger charge is -2.19. The van der Waals surface area contributed by atoms with Crippen molar-refractivity contribution in [1.82, 2.24) is 5.32 Å². The van der Waals surface area contributed by atoms with E-state index in [-0.39, 0.29) is 5.91 Å². The standard InChI is InChI=1S/C17H21NO/c1-2-7-17(19)18-16-11-6-10-15(16)13-12-14-8-4-3-5-9-14/h3-5,8-9,15-16H,6,10-13H2,1H3,(H,18,19). The fourth-order valence-electron chi connectivity index (χ4n) is 2.89. The lowest BCUT2D eigenvalue weighted by molar-refractivity contribution is -0.116. The number of hydrogen-bond acceptors (Lipinski definition) is 1. The molecule has 1 aliphatic carbocycles. The monoisotopic (exact) mass is 255 g/mol. The van der Waals surface area contributed by atoms with E-state index in [0.29, 0.717) is 12.0 Å². The second-order valence-corrected chi connectivity index (χ2v) is 5.17. The molecule has 1 aromatic carbocycles. The van der Waals surface area contributed by atoms with E-state index in [9.17, 15) is 4.79 Å². The molecule has 0 saturated heterocycles. The number of rotatable bonds is 4. The summed E-state index contributed by atoms with van der Waals surface area (Å²) in [6.07, 6.45) is 5.77. The lowest BCUT2D eigenvalue weighted by atomic mass is 9.95. The lowest BCUT2D eigenvalue weighted by Crippen LogP contribution is -2.36. The van der Waals surface area contributed by atoms with Gasteiger partial charge in [0.05, 0.1) is 0 Å². The van der Waals surface area contributed by atoms with Crippen molar-refractivity contribution < 1.29 is 4.79 Å². The molecule has 2 heteroatoms. The van der Waals surface area contributed by atoms with Crippen molar-refractivity contribution in [3.63, 3.8) is 0 Å². The fourth-order valence-corrected chi connectivity index (χ4v) is 2.89. The molecule has 0 aliphatic heterocycles. The smallest absolute Gasteiger partial charge is 0.296 e. The van der Waals surface area contributed by atoms with Gasteiger partial charge in [-0.1, -0.05) is 42.7 Å². The zero-order valence-corrected chi connectivity index (χ0v) is 11.5. The highest BCUT2D eigenvalue weighted by molar-refractivity contribution is 5.93. The molecule has 1 aliphatic rings. The van der Waals surface area contributed by atoms with Crippen molar-refractivity contribution >= 4 is 5.91 Å². The van der Waals surface area contributed by atoms with E-state index in [4.69, 9.17) is 0 Å². The van der Waals surface area contributed by atoms with Gasteiger partial charge in [-0.15, -0.1) is 0 Å². The van der Waals surface area contributed by atoms with Gasteiger partial charge in [-0.25, -0.2) is 0 Å². The number of hydrogen-bond donors (Lipinski definition) is 1. The van der Waals surface area contributed by atoms with E-state index in [1.807, 2.05) is 6.07 Å². The molecule has 0 bridgehead atoms. The normalized spacial score (nSPS) is 21.5. The molecule has 2 atom stereocenters. The van der Waals surface area contributed by atoms with Gasteiger partial charge in [-0.05, 0) is 50.0 Å². The van der Waals surface area contributed by atoms with Crippen molar-refractivity contribution in [2.45, 2.75) is 45.1 Å². The summed E-state index contributed by atoms with van der Waals surface area (Å²) in [5.74, 6) is 5.69. The first-order chi connectivity index (χ1) is 9.29. The number of carbonyl (C=O) groups excluding carboxylic acids is 1. The van der Waals surface area contributed by atoms with Crippen LogP contribution in [-0.2, 0) is 11.2 Å². The predicted octanol–water partition coefficient (Wildman–Crippen LogP) is 2.93. The first kappa shape index (κ1) is 13.7. The number of benzene rings is 1. The molecule has 2 nitrogen and oxygen atoms in total. The van der Waals surface area contributed by atoms with Crippen molar-refractivity contribution in [1.29, 1.82) is 0 Å². The Balaban J connectivity index is 1.85. The van der Waals surface area contributed by atoms with E-state index in [1.54, 1.807) is 6.92 Å². The molecule has 0 aromatic heterocycles. The average Bonchev–Trinajstić information content (AvgIpc) is 2.85. The van der Waals surface area contributed by atoms with Gasteiger partial charge in [0.25, 0.3) is 5.91 Å². The summed E-state index contributed by atoms with van der Waals surface area (Å²) < 4.78 is 0. The van der Waals surface area contributed by atoms with Gasteiger partial charge in [-0.2, -0.15) is 0 Å². The Bertz CT molecular complexity index is 469. The van der Waals surface area contributed by atoms with Crippen LogP contribution in [0, 0.1) is 17.8 Å².